The van der Waals surface area contributed by atoms with Gasteiger partial charge in [-0.1, -0.05) is 0 Å². The van der Waals surface area contributed by atoms with Crippen LogP contribution in [0, 0.1) is 0 Å². The highest BCUT2D eigenvalue weighted by molar-refractivity contribution is 5.63. The smallest absolute Gasteiger partial charge is 0.213 e. The van der Waals surface area contributed by atoms with E-state index in [9.17, 15) is 0 Å². The van der Waals surface area contributed by atoms with Gasteiger partial charge in [0.25, 0.3) is 0 Å². The maximum Gasteiger partial charge on any atom is 0.213 e. The highest BCUT2D eigenvalue weighted by atomic mass is 16.5. The SMILES string of the molecule is COc1cc(CNc2ncnc(NN)c2OC)ccn1. The quantitative estimate of drug-likeness (QED) is 0.525. The third kappa shape index (κ3) is 3.04. The molecule has 0 aliphatic heterocycles. The third-order valence-corrected chi connectivity index (χ3v) is 2.61. The van der Waals surface area contributed by atoms with Gasteiger partial charge in [0.15, 0.2) is 11.6 Å². The monoisotopic (exact) mass is 276 g/mol. The Morgan fingerprint density at radius 3 is 2.65 bits per heavy atom. The minimum Gasteiger partial charge on any atom is -0.490 e. The zero-order valence-corrected chi connectivity index (χ0v) is 11.3. The van der Waals surface area contributed by atoms with E-state index in [0.29, 0.717) is 29.8 Å². The molecule has 106 valence electrons. The molecule has 4 N–H and O–H groups in total. The van der Waals surface area contributed by atoms with E-state index >= 15 is 0 Å². The van der Waals surface area contributed by atoms with Crippen LogP contribution in [0.15, 0.2) is 24.7 Å². The van der Waals surface area contributed by atoms with E-state index in [4.69, 9.17) is 15.3 Å². The zero-order valence-electron chi connectivity index (χ0n) is 11.3. The molecule has 0 bridgehead atoms. The Kier molecular flexibility index (Phi) is 4.51. The summed E-state index contributed by atoms with van der Waals surface area (Å²) >= 11 is 0. The number of pyridine rings is 1. The molecule has 2 aromatic heterocycles. The number of nitrogens with one attached hydrogen (secondary N) is 2. The molecule has 2 heterocycles. The van der Waals surface area contributed by atoms with Crippen molar-refractivity contribution >= 4 is 11.6 Å². The maximum atomic E-state index is 5.37. The number of rotatable bonds is 6. The molecule has 20 heavy (non-hydrogen) atoms. The minimum absolute atomic E-state index is 0.414. The number of hydrogen-bond acceptors (Lipinski definition) is 8. The minimum atomic E-state index is 0.414. The molecule has 8 heteroatoms. The lowest BCUT2D eigenvalue weighted by Gasteiger charge is -2.12. The second kappa shape index (κ2) is 6.53. The fourth-order valence-electron chi connectivity index (χ4n) is 1.65. The van der Waals surface area contributed by atoms with Crippen molar-refractivity contribution in [1.29, 1.82) is 0 Å². The Labute approximate surface area is 116 Å². The molecule has 0 spiro atoms. The number of methoxy groups -OCH3 is 2. The van der Waals surface area contributed by atoms with Crippen LogP contribution in [0.2, 0.25) is 0 Å². The molecule has 0 aromatic carbocycles. The predicted molar refractivity (Wildman–Crippen MR) is 74.5 cm³/mol. The highest BCUT2D eigenvalue weighted by Crippen LogP contribution is 2.28. The first-order valence-corrected chi connectivity index (χ1v) is 5.87. The highest BCUT2D eigenvalue weighted by Gasteiger charge is 2.10. The summed E-state index contributed by atoms with van der Waals surface area (Å²) in [6, 6.07) is 3.72. The molecule has 2 aromatic rings. The molecule has 0 fully saturated rings. The van der Waals surface area contributed by atoms with Crippen LogP contribution in [0.3, 0.4) is 0 Å². The molecule has 0 atom stereocenters. The first kappa shape index (κ1) is 13.8. The summed E-state index contributed by atoms with van der Waals surface area (Å²) in [5.41, 5.74) is 3.46. The van der Waals surface area contributed by atoms with Crippen LogP contribution >= 0.6 is 0 Å². The van der Waals surface area contributed by atoms with Crippen LogP contribution in [0.4, 0.5) is 11.6 Å². The number of nitrogens with zero attached hydrogens (tertiary/aromatic N) is 3. The van der Waals surface area contributed by atoms with Crippen LogP contribution in [-0.4, -0.2) is 29.2 Å². The number of aromatic nitrogens is 3. The Hall–Kier alpha value is -2.61. The Balaban J connectivity index is 2.14. The average Bonchev–Trinajstić information content (AvgIpc) is 2.52. The summed E-state index contributed by atoms with van der Waals surface area (Å²) in [6.45, 7) is 0.538. The normalized spacial score (nSPS) is 9.95. The van der Waals surface area contributed by atoms with E-state index in [0.717, 1.165) is 5.56 Å². The first-order valence-electron chi connectivity index (χ1n) is 5.87. The summed E-state index contributed by atoms with van der Waals surface area (Å²) in [6.07, 6.45) is 3.08. The van der Waals surface area contributed by atoms with Crippen LogP contribution in [-0.2, 0) is 6.54 Å². The number of nitrogen functional groups attached to an aromatic ring is 1. The second-order valence-corrected chi connectivity index (χ2v) is 3.81. The van der Waals surface area contributed by atoms with Gasteiger partial charge < -0.3 is 20.2 Å². The van der Waals surface area contributed by atoms with Crippen LogP contribution in [0.1, 0.15) is 5.56 Å². The average molecular weight is 276 g/mol. The molecule has 0 saturated heterocycles. The van der Waals surface area contributed by atoms with E-state index in [1.165, 1.54) is 13.4 Å². The van der Waals surface area contributed by atoms with Crippen LogP contribution < -0.4 is 26.1 Å². The fraction of sp³-hybridized carbons (Fsp3) is 0.250. The van der Waals surface area contributed by atoms with Gasteiger partial charge in [0.2, 0.25) is 11.6 Å². The van der Waals surface area contributed by atoms with Crippen molar-refractivity contribution in [2.75, 3.05) is 25.0 Å². The number of anilines is 2. The molecular weight excluding hydrogens is 260 g/mol. The summed E-state index contributed by atoms with van der Waals surface area (Å²) in [5.74, 6) is 7.34. The van der Waals surface area contributed by atoms with Crippen molar-refractivity contribution in [3.05, 3.63) is 30.2 Å². The molecule has 0 unspecified atom stereocenters. The molecule has 0 saturated carbocycles. The second-order valence-electron chi connectivity index (χ2n) is 3.81. The Morgan fingerprint density at radius 1 is 1.15 bits per heavy atom. The van der Waals surface area contributed by atoms with Gasteiger partial charge in [0.05, 0.1) is 14.2 Å². The zero-order chi connectivity index (χ0) is 14.4. The molecule has 0 radical (unpaired) electrons. The standard InChI is InChI=1S/C12H16N6O2/c1-19-9-5-8(3-4-14-9)6-15-11-10(20-2)12(18-13)17-7-16-11/h3-5,7H,6,13H2,1-2H3,(H2,15,16,17,18). The van der Waals surface area contributed by atoms with Gasteiger partial charge in [-0.3, -0.25) is 0 Å². The summed E-state index contributed by atoms with van der Waals surface area (Å²) < 4.78 is 10.3. The lowest BCUT2D eigenvalue weighted by atomic mass is 10.2. The third-order valence-electron chi connectivity index (χ3n) is 2.61. The van der Waals surface area contributed by atoms with Gasteiger partial charge in [0.1, 0.15) is 6.33 Å². The Morgan fingerprint density at radius 2 is 1.95 bits per heavy atom. The summed E-state index contributed by atoms with van der Waals surface area (Å²) in [7, 11) is 3.10. The van der Waals surface area contributed by atoms with Gasteiger partial charge in [-0.15, -0.1) is 0 Å². The molecule has 0 aliphatic rings. The van der Waals surface area contributed by atoms with Crippen molar-refractivity contribution in [2.45, 2.75) is 6.54 Å². The van der Waals surface area contributed by atoms with Gasteiger partial charge in [0, 0.05) is 18.8 Å². The number of ether oxygens (including phenoxy) is 2. The van der Waals surface area contributed by atoms with E-state index in [1.54, 1.807) is 13.3 Å². The molecular formula is C12H16N6O2. The summed E-state index contributed by atoms with van der Waals surface area (Å²) in [5, 5.41) is 3.15. The van der Waals surface area contributed by atoms with E-state index in [1.807, 2.05) is 12.1 Å². The number of nitrogens with two attached hydrogens (primary N) is 1. The molecule has 8 nitrogen and oxygen atoms in total. The van der Waals surface area contributed by atoms with Gasteiger partial charge in [-0.25, -0.2) is 20.8 Å². The van der Waals surface area contributed by atoms with Crippen molar-refractivity contribution in [3.63, 3.8) is 0 Å². The topological polar surface area (TPSA) is 107 Å². The van der Waals surface area contributed by atoms with Gasteiger partial charge in [-0.2, -0.15) is 0 Å². The largest absolute Gasteiger partial charge is 0.490 e. The van der Waals surface area contributed by atoms with Crippen molar-refractivity contribution < 1.29 is 9.47 Å². The number of hydrogen-bond donors (Lipinski definition) is 3. The van der Waals surface area contributed by atoms with E-state index < -0.39 is 0 Å². The van der Waals surface area contributed by atoms with Crippen LogP contribution in [0.5, 0.6) is 11.6 Å². The molecule has 0 aliphatic carbocycles. The lowest BCUT2D eigenvalue weighted by Crippen LogP contribution is -2.12. The molecule has 0 amide bonds. The van der Waals surface area contributed by atoms with Crippen molar-refractivity contribution in [3.8, 4) is 11.6 Å². The van der Waals surface area contributed by atoms with Crippen LogP contribution in [0.25, 0.3) is 0 Å². The van der Waals surface area contributed by atoms with Crippen molar-refractivity contribution in [1.82, 2.24) is 15.0 Å². The fourth-order valence-corrected chi connectivity index (χ4v) is 1.65. The van der Waals surface area contributed by atoms with Gasteiger partial charge in [-0.05, 0) is 11.6 Å². The summed E-state index contributed by atoms with van der Waals surface area (Å²) in [4.78, 5) is 12.1. The maximum absolute atomic E-state index is 5.37. The Bertz CT molecular complexity index is 578. The van der Waals surface area contributed by atoms with Crippen molar-refractivity contribution in [2.24, 2.45) is 5.84 Å². The predicted octanol–water partition coefficient (Wildman–Crippen LogP) is 0.786. The van der Waals surface area contributed by atoms with E-state index in [2.05, 4.69) is 25.7 Å². The van der Waals surface area contributed by atoms with E-state index in [-0.39, 0.29) is 0 Å². The van der Waals surface area contributed by atoms with Gasteiger partial charge >= 0.3 is 0 Å². The molecule has 2 rings (SSSR count). The number of hydrazine groups is 1. The first-order chi connectivity index (χ1) is 9.78. The lowest BCUT2D eigenvalue weighted by molar-refractivity contribution is 0.397.